The lowest BCUT2D eigenvalue weighted by Gasteiger charge is -2.00. The number of anilines is 1. The first-order chi connectivity index (χ1) is 10.6. The summed E-state index contributed by atoms with van der Waals surface area (Å²) in [5.74, 6) is -0.503. The quantitative estimate of drug-likeness (QED) is 0.669. The first-order valence-electron chi connectivity index (χ1n) is 6.63. The van der Waals surface area contributed by atoms with Gasteiger partial charge >= 0.3 is 0 Å². The Labute approximate surface area is 137 Å². The van der Waals surface area contributed by atoms with E-state index in [-0.39, 0.29) is 5.57 Å². The second-order valence-corrected chi connectivity index (χ2v) is 5.92. The van der Waals surface area contributed by atoms with Gasteiger partial charge in [0, 0.05) is 11.4 Å². The van der Waals surface area contributed by atoms with Crippen LogP contribution in [0.15, 0.2) is 29.8 Å². The maximum Gasteiger partial charge on any atom is 0.268 e. The van der Waals surface area contributed by atoms with Gasteiger partial charge in [0.1, 0.15) is 16.6 Å². The lowest BCUT2D eigenvalue weighted by Crippen LogP contribution is -2.13. The fourth-order valence-electron chi connectivity index (χ4n) is 1.66. The lowest BCUT2D eigenvalue weighted by molar-refractivity contribution is -0.112. The topological polar surface area (TPSA) is 78.7 Å². The number of aryl methyl sites for hydroxylation is 1. The van der Waals surface area contributed by atoms with Gasteiger partial charge in [0.05, 0.1) is 0 Å². The molecule has 2 aromatic rings. The number of nitrogens with one attached hydrogen (secondary N) is 1. The molecule has 7 heteroatoms. The van der Waals surface area contributed by atoms with Crippen LogP contribution in [-0.4, -0.2) is 16.1 Å². The number of nitrogens with zero attached hydrogens (tertiary/aromatic N) is 3. The summed E-state index contributed by atoms with van der Waals surface area (Å²) in [6.07, 6.45) is 3.28. The smallest absolute Gasteiger partial charge is 0.268 e. The number of aromatic nitrogens is 2. The fourth-order valence-corrected chi connectivity index (χ4v) is 2.62. The Bertz CT molecular complexity index is 731. The summed E-state index contributed by atoms with van der Waals surface area (Å²) in [7, 11) is 0. The Morgan fingerprint density at radius 1 is 1.41 bits per heavy atom. The lowest BCUT2D eigenvalue weighted by atomic mass is 10.1. The average molecular weight is 333 g/mol. The number of halogens is 1. The third-order valence-corrected chi connectivity index (χ3v) is 3.85. The molecule has 0 atom stereocenters. The summed E-state index contributed by atoms with van der Waals surface area (Å²) in [6.45, 7) is 2.04. The molecule has 0 fully saturated rings. The average Bonchev–Trinajstić information content (AvgIpc) is 2.94. The molecule has 0 bridgehead atoms. The highest BCUT2D eigenvalue weighted by molar-refractivity contribution is 7.15. The van der Waals surface area contributed by atoms with Crippen molar-refractivity contribution < 1.29 is 4.79 Å². The molecule has 1 N–H and O–H groups in total. The van der Waals surface area contributed by atoms with Crippen molar-refractivity contribution in [3.05, 3.63) is 45.4 Å². The number of nitriles is 1. The van der Waals surface area contributed by atoms with E-state index in [0.717, 1.165) is 23.4 Å². The van der Waals surface area contributed by atoms with Crippen LogP contribution in [0.4, 0.5) is 5.13 Å². The van der Waals surface area contributed by atoms with Crippen LogP contribution in [0.5, 0.6) is 0 Å². The summed E-state index contributed by atoms with van der Waals surface area (Å²) >= 11 is 7.11. The predicted octanol–water partition coefficient (Wildman–Crippen LogP) is 3.69. The predicted molar refractivity (Wildman–Crippen MR) is 87.6 cm³/mol. The molecular formula is C15H13ClN4OS. The zero-order valence-corrected chi connectivity index (χ0v) is 13.4. The van der Waals surface area contributed by atoms with Crippen molar-refractivity contribution in [1.29, 1.82) is 5.26 Å². The van der Waals surface area contributed by atoms with Gasteiger partial charge in [0.15, 0.2) is 0 Å². The number of amides is 1. The van der Waals surface area contributed by atoms with Crippen LogP contribution in [0.1, 0.15) is 23.9 Å². The van der Waals surface area contributed by atoms with Crippen LogP contribution in [0.25, 0.3) is 6.08 Å². The monoisotopic (exact) mass is 332 g/mol. The molecule has 1 amide bonds. The Morgan fingerprint density at radius 3 is 2.77 bits per heavy atom. The van der Waals surface area contributed by atoms with Gasteiger partial charge in [-0.05, 0) is 30.2 Å². The molecule has 2 rings (SSSR count). The number of carbonyl (C=O) groups excluding carboxylic acids is 1. The van der Waals surface area contributed by atoms with Crippen molar-refractivity contribution in [3.63, 3.8) is 0 Å². The number of hydrogen-bond donors (Lipinski definition) is 1. The molecule has 0 unspecified atom stereocenters. The SMILES string of the molecule is CCCc1nnc(NC(=O)/C(C#N)=C/c2ccc(Cl)cc2)s1. The van der Waals surface area contributed by atoms with Crippen molar-refractivity contribution in [2.24, 2.45) is 0 Å². The minimum Gasteiger partial charge on any atom is -0.296 e. The summed E-state index contributed by atoms with van der Waals surface area (Å²) in [5.41, 5.74) is 0.717. The van der Waals surface area contributed by atoms with Crippen LogP contribution in [0.3, 0.4) is 0 Å². The van der Waals surface area contributed by atoms with Gasteiger partial charge in [0.2, 0.25) is 5.13 Å². The van der Waals surface area contributed by atoms with E-state index >= 15 is 0 Å². The number of hydrogen-bond acceptors (Lipinski definition) is 5. The number of rotatable bonds is 5. The molecule has 0 aliphatic carbocycles. The minimum atomic E-state index is -0.503. The van der Waals surface area contributed by atoms with E-state index < -0.39 is 5.91 Å². The highest BCUT2D eigenvalue weighted by atomic mass is 35.5. The van der Waals surface area contributed by atoms with E-state index in [9.17, 15) is 4.79 Å². The Kier molecular flexibility index (Phi) is 5.64. The molecule has 1 aromatic heterocycles. The van der Waals surface area contributed by atoms with Gasteiger partial charge in [0.25, 0.3) is 5.91 Å². The van der Waals surface area contributed by atoms with Crippen LogP contribution in [0.2, 0.25) is 5.02 Å². The molecule has 5 nitrogen and oxygen atoms in total. The van der Waals surface area contributed by atoms with Gasteiger partial charge in [-0.3, -0.25) is 10.1 Å². The van der Waals surface area contributed by atoms with Crippen LogP contribution >= 0.6 is 22.9 Å². The second kappa shape index (κ2) is 7.69. The van der Waals surface area contributed by atoms with Gasteiger partial charge in [-0.2, -0.15) is 5.26 Å². The van der Waals surface area contributed by atoms with Gasteiger partial charge in [-0.1, -0.05) is 42.0 Å². The van der Waals surface area contributed by atoms with E-state index in [4.69, 9.17) is 16.9 Å². The minimum absolute atomic E-state index is 0.00503. The summed E-state index contributed by atoms with van der Waals surface area (Å²) < 4.78 is 0. The zero-order chi connectivity index (χ0) is 15.9. The Morgan fingerprint density at radius 2 is 2.14 bits per heavy atom. The molecule has 0 saturated carbocycles. The zero-order valence-electron chi connectivity index (χ0n) is 11.8. The Balaban J connectivity index is 2.11. The highest BCUT2D eigenvalue weighted by Gasteiger charge is 2.12. The third-order valence-electron chi connectivity index (χ3n) is 2.70. The van der Waals surface area contributed by atoms with Crippen LogP contribution in [-0.2, 0) is 11.2 Å². The molecule has 0 radical (unpaired) electrons. The number of carbonyl (C=O) groups is 1. The van der Waals surface area contributed by atoms with Crippen molar-refractivity contribution in [1.82, 2.24) is 10.2 Å². The van der Waals surface area contributed by atoms with Crippen molar-refractivity contribution in [2.45, 2.75) is 19.8 Å². The van der Waals surface area contributed by atoms with E-state index in [0.29, 0.717) is 10.2 Å². The van der Waals surface area contributed by atoms with Crippen molar-refractivity contribution >= 4 is 40.1 Å². The third kappa shape index (κ3) is 4.38. The first-order valence-corrected chi connectivity index (χ1v) is 7.83. The molecule has 1 aromatic carbocycles. The van der Waals surface area contributed by atoms with E-state index in [1.165, 1.54) is 17.4 Å². The molecule has 0 aliphatic rings. The van der Waals surface area contributed by atoms with E-state index in [1.807, 2.05) is 13.0 Å². The maximum absolute atomic E-state index is 12.1. The Hall–Kier alpha value is -2.23. The molecule has 1 heterocycles. The standard InChI is InChI=1S/C15H13ClN4OS/c1-2-3-13-19-20-15(22-13)18-14(21)11(9-17)8-10-4-6-12(16)7-5-10/h4-8H,2-3H2,1H3,(H,18,20,21)/b11-8+. The molecule has 0 saturated heterocycles. The first kappa shape index (κ1) is 16.1. The highest BCUT2D eigenvalue weighted by Crippen LogP contribution is 2.18. The van der Waals surface area contributed by atoms with E-state index in [2.05, 4.69) is 15.5 Å². The number of benzene rings is 1. The fraction of sp³-hybridized carbons (Fsp3) is 0.200. The summed E-state index contributed by atoms with van der Waals surface area (Å²) in [6, 6.07) is 8.75. The second-order valence-electron chi connectivity index (χ2n) is 4.43. The normalized spacial score (nSPS) is 11.0. The molecule has 22 heavy (non-hydrogen) atoms. The van der Waals surface area contributed by atoms with Crippen LogP contribution in [0, 0.1) is 11.3 Å². The van der Waals surface area contributed by atoms with Gasteiger partial charge in [-0.25, -0.2) is 0 Å². The van der Waals surface area contributed by atoms with Crippen molar-refractivity contribution in [2.75, 3.05) is 5.32 Å². The molecule has 0 spiro atoms. The molecule has 112 valence electrons. The van der Waals surface area contributed by atoms with Gasteiger partial charge in [-0.15, -0.1) is 10.2 Å². The summed E-state index contributed by atoms with van der Waals surface area (Å²) in [4.78, 5) is 12.1. The van der Waals surface area contributed by atoms with E-state index in [1.54, 1.807) is 24.3 Å². The summed E-state index contributed by atoms with van der Waals surface area (Å²) in [5, 5.41) is 21.4. The van der Waals surface area contributed by atoms with Gasteiger partial charge < -0.3 is 0 Å². The maximum atomic E-state index is 12.1. The largest absolute Gasteiger partial charge is 0.296 e. The van der Waals surface area contributed by atoms with Crippen LogP contribution < -0.4 is 5.32 Å². The molecule has 0 aliphatic heterocycles. The van der Waals surface area contributed by atoms with Crippen molar-refractivity contribution in [3.8, 4) is 6.07 Å². The molecular weight excluding hydrogens is 320 g/mol.